The van der Waals surface area contributed by atoms with Crippen molar-refractivity contribution in [3.05, 3.63) is 0 Å². The normalized spacial score (nSPS) is 14.5. The van der Waals surface area contributed by atoms with E-state index in [0.717, 1.165) is 0 Å². The molecule has 0 aromatic rings. The molecule has 0 amide bonds. The minimum Gasteiger partial charge on any atom is -0.519 e. The predicted octanol–water partition coefficient (Wildman–Crippen LogP) is 0.712. The lowest BCUT2D eigenvalue weighted by molar-refractivity contribution is -0.136. The van der Waals surface area contributed by atoms with Crippen LogP contribution in [0.3, 0.4) is 0 Å². The minimum atomic E-state index is -1.71. The third-order valence-electron chi connectivity index (χ3n) is 0.779. The van der Waals surface area contributed by atoms with Gasteiger partial charge >= 0.3 is 5.97 Å². The van der Waals surface area contributed by atoms with Crippen LogP contribution in [0.4, 0.5) is 0 Å². The van der Waals surface area contributed by atoms with E-state index in [2.05, 4.69) is 0 Å². The summed E-state index contributed by atoms with van der Waals surface area (Å²) in [5.41, 5.74) is 5.29. The summed E-state index contributed by atoms with van der Waals surface area (Å²) in [5, 5.41) is 0. The molecule has 10 heavy (non-hydrogen) atoms. The van der Waals surface area contributed by atoms with E-state index in [1.54, 1.807) is 6.92 Å². The Hall–Kier alpha value is -0.353. The summed E-state index contributed by atoms with van der Waals surface area (Å²) >= 11 is 0. The zero-order valence-electron chi connectivity index (χ0n) is 6.97. The van der Waals surface area contributed by atoms with Crippen LogP contribution >= 0.6 is 0 Å². The molecule has 0 rings (SSSR count). The van der Waals surface area contributed by atoms with E-state index in [-0.39, 0.29) is 5.97 Å². The van der Waals surface area contributed by atoms with Crippen LogP contribution in [-0.4, -0.2) is 20.3 Å². The Labute approximate surface area is 62.7 Å². The van der Waals surface area contributed by atoms with Gasteiger partial charge in [-0.3, -0.25) is 4.79 Å². The second-order valence-electron chi connectivity index (χ2n) is 3.32. The van der Waals surface area contributed by atoms with Crippen LogP contribution in [0.2, 0.25) is 19.6 Å². The van der Waals surface area contributed by atoms with Gasteiger partial charge in [-0.1, -0.05) is 0 Å². The van der Waals surface area contributed by atoms with Gasteiger partial charge in [-0.25, -0.2) is 0 Å². The lowest BCUT2D eigenvalue weighted by Crippen LogP contribution is -2.37. The molecule has 0 aromatic heterocycles. The molecule has 3 nitrogen and oxygen atoms in total. The SMILES string of the molecule is C[C@@H](N)C(=O)O[Si](C)(C)C. The number of rotatable bonds is 2. The standard InChI is InChI=1S/C6H15NO2Si/c1-5(7)6(8)9-10(2,3)4/h5H,7H2,1-4H3/t5-/m1/s1. The molecule has 0 heterocycles. The summed E-state index contributed by atoms with van der Waals surface area (Å²) in [6.45, 7) is 7.48. The summed E-state index contributed by atoms with van der Waals surface area (Å²) in [6.07, 6.45) is 0. The molecule has 0 unspecified atom stereocenters. The second kappa shape index (κ2) is 3.16. The smallest absolute Gasteiger partial charge is 0.309 e. The molecule has 60 valence electrons. The maximum Gasteiger partial charge on any atom is 0.309 e. The predicted molar refractivity (Wildman–Crippen MR) is 43.1 cm³/mol. The van der Waals surface area contributed by atoms with Gasteiger partial charge in [0.1, 0.15) is 0 Å². The van der Waals surface area contributed by atoms with Gasteiger partial charge in [-0.05, 0) is 26.6 Å². The molecule has 0 saturated heterocycles. The number of nitrogens with two attached hydrogens (primary N) is 1. The fraction of sp³-hybridized carbons (Fsp3) is 0.833. The highest BCUT2D eigenvalue weighted by Crippen LogP contribution is 2.03. The Balaban J connectivity index is 3.81. The van der Waals surface area contributed by atoms with Crippen molar-refractivity contribution in [2.45, 2.75) is 32.6 Å². The van der Waals surface area contributed by atoms with Crippen molar-refractivity contribution in [1.82, 2.24) is 0 Å². The Kier molecular flexibility index (Phi) is 3.05. The van der Waals surface area contributed by atoms with E-state index < -0.39 is 14.4 Å². The maximum atomic E-state index is 10.8. The summed E-state index contributed by atoms with van der Waals surface area (Å²) < 4.78 is 5.07. The molecule has 0 aliphatic heterocycles. The molecule has 0 aliphatic carbocycles. The number of hydrogen-bond acceptors (Lipinski definition) is 3. The average Bonchev–Trinajstić information content (AvgIpc) is 1.60. The summed E-state index contributed by atoms with van der Waals surface area (Å²) in [7, 11) is -1.71. The summed E-state index contributed by atoms with van der Waals surface area (Å²) in [4.78, 5) is 10.8. The summed E-state index contributed by atoms with van der Waals surface area (Å²) in [5.74, 6) is -0.292. The maximum absolute atomic E-state index is 10.8. The molecule has 2 N–H and O–H groups in total. The van der Waals surface area contributed by atoms with Crippen LogP contribution in [0.25, 0.3) is 0 Å². The third kappa shape index (κ3) is 4.52. The molecule has 0 fully saturated rings. The molecule has 0 aliphatic rings. The number of carbonyl (C=O) groups excluding carboxylic acids is 1. The van der Waals surface area contributed by atoms with E-state index in [9.17, 15) is 4.79 Å². The lowest BCUT2D eigenvalue weighted by atomic mass is 10.4. The Bertz CT molecular complexity index is 128. The molecule has 0 radical (unpaired) electrons. The van der Waals surface area contributed by atoms with Crippen LogP contribution in [0.5, 0.6) is 0 Å². The van der Waals surface area contributed by atoms with Gasteiger partial charge in [-0.2, -0.15) is 0 Å². The minimum absolute atomic E-state index is 0.292. The molecule has 1 atom stereocenters. The lowest BCUT2D eigenvalue weighted by Gasteiger charge is -2.18. The zero-order chi connectivity index (χ0) is 8.36. The first-order valence-electron chi connectivity index (χ1n) is 3.31. The van der Waals surface area contributed by atoms with E-state index in [1.165, 1.54) is 0 Å². The molecular formula is C6H15NO2Si. The van der Waals surface area contributed by atoms with Crippen molar-refractivity contribution in [1.29, 1.82) is 0 Å². The van der Waals surface area contributed by atoms with E-state index in [1.807, 2.05) is 19.6 Å². The molecular weight excluding hydrogens is 146 g/mol. The Morgan fingerprint density at radius 2 is 1.90 bits per heavy atom. The molecule has 0 bridgehead atoms. The zero-order valence-corrected chi connectivity index (χ0v) is 7.97. The first kappa shape index (κ1) is 9.65. The van der Waals surface area contributed by atoms with Crippen molar-refractivity contribution < 1.29 is 9.22 Å². The van der Waals surface area contributed by atoms with Crippen LogP contribution in [0, 0.1) is 0 Å². The average molecular weight is 161 g/mol. The first-order chi connectivity index (χ1) is 4.33. The highest BCUT2D eigenvalue weighted by Gasteiger charge is 2.21. The van der Waals surface area contributed by atoms with Crippen LogP contribution in [0.15, 0.2) is 0 Å². The molecule has 0 saturated carbocycles. The Morgan fingerprint density at radius 1 is 1.50 bits per heavy atom. The number of hydrogen-bond donors (Lipinski definition) is 1. The summed E-state index contributed by atoms with van der Waals surface area (Å²) in [6, 6.07) is -0.494. The van der Waals surface area contributed by atoms with E-state index in [0.29, 0.717) is 0 Å². The molecule has 0 aromatic carbocycles. The van der Waals surface area contributed by atoms with Gasteiger partial charge in [0.2, 0.25) is 8.32 Å². The van der Waals surface area contributed by atoms with Crippen molar-refractivity contribution >= 4 is 14.3 Å². The highest BCUT2D eigenvalue weighted by molar-refractivity contribution is 6.71. The van der Waals surface area contributed by atoms with Gasteiger partial charge < -0.3 is 10.2 Å². The van der Waals surface area contributed by atoms with Crippen molar-refractivity contribution in [2.75, 3.05) is 0 Å². The van der Waals surface area contributed by atoms with E-state index in [4.69, 9.17) is 10.2 Å². The number of carbonyl (C=O) groups is 1. The monoisotopic (exact) mass is 161 g/mol. The third-order valence-corrected chi connectivity index (χ3v) is 1.59. The van der Waals surface area contributed by atoms with Crippen LogP contribution in [-0.2, 0) is 9.22 Å². The highest BCUT2D eigenvalue weighted by atomic mass is 28.4. The molecule has 4 heteroatoms. The van der Waals surface area contributed by atoms with E-state index >= 15 is 0 Å². The van der Waals surface area contributed by atoms with Crippen molar-refractivity contribution in [3.63, 3.8) is 0 Å². The van der Waals surface area contributed by atoms with Gasteiger partial charge in [0, 0.05) is 0 Å². The van der Waals surface area contributed by atoms with Crippen LogP contribution in [0.1, 0.15) is 6.92 Å². The fourth-order valence-corrected chi connectivity index (χ4v) is 1.18. The topological polar surface area (TPSA) is 52.3 Å². The van der Waals surface area contributed by atoms with Gasteiger partial charge in [-0.15, -0.1) is 0 Å². The van der Waals surface area contributed by atoms with Crippen molar-refractivity contribution in [2.24, 2.45) is 5.73 Å². The largest absolute Gasteiger partial charge is 0.519 e. The van der Waals surface area contributed by atoms with Gasteiger partial charge in [0.15, 0.2) is 0 Å². The first-order valence-corrected chi connectivity index (χ1v) is 6.72. The second-order valence-corrected chi connectivity index (χ2v) is 7.75. The van der Waals surface area contributed by atoms with Gasteiger partial charge in [0.25, 0.3) is 0 Å². The quantitative estimate of drug-likeness (QED) is 0.607. The van der Waals surface area contributed by atoms with Crippen LogP contribution < -0.4 is 5.73 Å². The van der Waals surface area contributed by atoms with Crippen molar-refractivity contribution in [3.8, 4) is 0 Å². The fourth-order valence-electron chi connectivity index (χ4n) is 0.395. The van der Waals surface area contributed by atoms with Gasteiger partial charge in [0.05, 0.1) is 6.04 Å². The Morgan fingerprint density at radius 3 is 2.00 bits per heavy atom. The molecule has 0 spiro atoms.